The first-order chi connectivity index (χ1) is 10.7. The second-order valence-electron chi connectivity index (χ2n) is 4.61. The Bertz CT molecular complexity index is 714. The van der Waals surface area contributed by atoms with Crippen LogP contribution in [0.3, 0.4) is 0 Å². The Balaban J connectivity index is 1.93. The molecule has 0 fully saturated rings. The second kappa shape index (κ2) is 7.05. The molecule has 0 aliphatic rings. The number of thiazole rings is 1. The second-order valence-corrected chi connectivity index (χ2v) is 7.73. The molecule has 2 aromatic carbocycles. The minimum absolute atomic E-state index is 0.770. The maximum atomic E-state index is 5.69. The molecule has 0 saturated heterocycles. The molecule has 0 aliphatic heterocycles. The third kappa shape index (κ3) is 3.55. The summed E-state index contributed by atoms with van der Waals surface area (Å²) in [5, 5.41) is 0. The van der Waals surface area contributed by atoms with E-state index in [0.717, 1.165) is 20.0 Å². The highest BCUT2D eigenvalue weighted by atomic mass is 32.2. The molecule has 1 heterocycles. The maximum absolute atomic E-state index is 5.69. The topological polar surface area (TPSA) is 16.1 Å². The first-order valence-electron chi connectivity index (χ1n) is 6.78. The van der Waals surface area contributed by atoms with E-state index in [0.29, 0.717) is 0 Å². The number of hydrogen-bond acceptors (Lipinski definition) is 4. The summed E-state index contributed by atoms with van der Waals surface area (Å²) in [5.74, 6) is 0. The molecule has 0 aliphatic carbocycles. The fourth-order valence-corrected chi connectivity index (χ4v) is 4.46. The highest BCUT2D eigenvalue weighted by Crippen LogP contribution is 2.33. The van der Waals surface area contributed by atoms with E-state index >= 15 is 0 Å². The van der Waals surface area contributed by atoms with Crippen molar-refractivity contribution in [1.29, 1.82) is 0 Å². The molecule has 0 spiro atoms. The Morgan fingerprint density at radius 1 is 1.00 bits per heavy atom. The first-order valence-corrected chi connectivity index (χ1v) is 8.82. The third-order valence-electron chi connectivity index (χ3n) is 2.99. The van der Waals surface area contributed by atoms with Gasteiger partial charge in [-0.1, -0.05) is 48.6 Å². The summed E-state index contributed by atoms with van der Waals surface area (Å²) < 4.78 is 1.74. The van der Waals surface area contributed by atoms with Crippen molar-refractivity contribution in [3.63, 3.8) is 0 Å². The van der Waals surface area contributed by atoms with Crippen LogP contribution in [0, 0.1) is 6.92 Å². The van der Waals surface area contributed by atoms with Crippen molar-refractivity contribution in [2.45, 2.75) is 11.3 Å². The van der Waals surface area contributed by atoms with Gasteiger partial charge in [0, 0.05) is 22.4 Å². The average Bonchev–Trinajstić information content (AvgIpc) is 2.95. The normalized spacial score (nSPS) is 10.4. The van der Waals surface area contributed by atoms with Crippen molar-refractivity contribution in [2.75, 3.05) is 4.90 Å². The zero-order valence-corrected chi connectivity index (χ0v) is 14.4. The van der Waals surface area contributed by atoms with Gasteiger partial charge < -0.3 is 0 Å². The maximum Gasteiger partial charge on any atom is 0.157 e. The summed E-state index contributed by atoms with van der Waals surface area (Å²) >= 11 is 8.87. The van der Waals surface area contributed by atoms with Gasteiger partial charge in [0.15, 0.2) is 8.66 Å². The molecule has 0 bridgehead atoms. The van der Waals surface area contributed by atoms with Crippen LogP contribution in [0.2, 0.25) is 0 Å². The van der Waals surface area contributed by atoms with Gasteiger partial charge >= 0.3 is 0 Å². The Morgan fingerprint density at radius 3 is 2.00 bits per heavy atom. The van der Waals surface area contributed by atoms with Crippen LogP contribution in [0.1, 0.15) is 4.88 Å². The molecule has 0 unspecified atom stereocenters. The number of anilines is 2. The molecule has 5 heteroatoms. The summed E-state index contributed by atoms with van der Waals surface area (Å²) in [6.07, 6.45) is 1.88. The molecule has 0 amide bonds. The average molecular weight is 343 g/mol. The van der Waals surface area contributed by atoms with Gasteiger partial charge in [-0.3, -0.25) is 4.90 Å². The fraction of sp³-hybridized carbons (Fsp3) is 0.0588. The lowest BCUT2D eigenvalue weighted by molar-refractivity contribution is 1.25. The van der Waals surface area contributed by atoms with Crippen molar-refractivity contribution in [1.82, 2.24) is 4.98 Å². The lowest BCUT2D eigenvalue weighted by atomic mass is 10.2. The minimum atomic E-state index is 0.770. The van der Waals surface area contributed by atoms with Crippen LogP contribution in [0.5, 0.6) is 0 Å². The van der Waals surface area contributed by atoms with Gasteiger partial charge in [0.1, 0.15) is 0 Å². The van der Waals surface area contributed by atoms with E-state index in [1.165, 1.54) is 16.6 Å². The van der Waals surface area contributed by atoms with E-state index in [1.807, 2.05) is 42.6 Å². The molecular formula is C17H14N2S3. The minimum Gasteiger partial charge on any atom is -0.296 e. The van der Waals surface area contributed by atoms with Gasteiger partial charge in [0.25, 0.3) is 0 Å². The lowest BCUT2D eigenvalue weighted by Gasteiger charge is -2.24. The number of thiocarbonyl (C=S) groups is 1. The number of hydrogen-bond donors (Lipinski definition) is 0. The predicted molar refractivity (Wildman–Crippen MR) is 100 cm³/mol. The lowest BCUT2D eigenvalue weighted by Crippen LogP contribution is -2.21. The van der Waals surface area contributed by atoms with E-state index < -0.39 is 0 Å². The monoisotopic (exact) mass is 342 g/mol. The van der Waals surface area contributed by atoms with Crippen molar-refractivity contribution in [2.24, 2.45) is 0 Å². The number of para-hydroxylation sites is 2. The van der Waals surface area contributed by atoms with Crippen molar-refractivity contribution in [3.8, 4) is 0 Å². The van der Waals surface area contributed by atoms with E-state index in [9.17, 15) is 0 Å². The van der Waals surface area contributed by atoms with Crippen LogP contribution in [-0.4, -0.2) is 9.30 Å². The quantitative estimate of drug-likeness (QED) is 0.450. The summed E-state index contributed by atoms with van der Waals surface area (Å²) in [7, 11) is 0. The van der Waals surface area contributed by atoms with Crippen LogP contribution in [0.15, 0.2) is 71.2 Å². The van der Waals surface area contributed by atoms with Gasteiger partial charge in [-0.25, -0.2) is 4.98 Å². The molecule has 22 heavy (non-hydrogen) atoms. The van der Waals surface area contributed by atoms with Gasteiger partial charge in [-0.2, -0.15) is 0 Å². The molecule has 3 rings (SSSR count). The highest BCUT2D eigenvalue weighted by Gasteiger charge is 2.16. The Labute approximate surface area is 143 Å². The van der Waals surface area contributed by atoms with Crippen LogP contribution in [0.4, 0.5) is 11.4 Å². The Kier molecular flexibility index (Phi) is 4.87. The standard InChI is InChI=1S/C17H14N2S3/c1-13-12-18-16(21-13)22-17(20)19(14-8-4-2-5-9-14)15-10-6-3-7-11-15/h2-12H,1H3. The molecule has 110 valence electrons. The zero-order chi connectivity index (χ0) is 15.4. The molecule has 0 N–H and O–H groups in total. The van der Waals surface area contributed by atoms with Crippen molar-refractivity contribution < 1.29 is 0 Å². The van der Waals surface area contributed by atoms with Crippen LogP contribution in [-0.2, 0) is 0 Å². The number of rotatable bonds is 3. The van der Waals surface area contributed by atoms with Crippen molar-refractivity contribution >= 4 is 51.0 Å². The van der Waals surface area contributed by atoms with E-state index in [4.69, 9.17) is 12.2 Å². The number of aryl methyl sites for hydroxylation is 1. The van der Waals surface area contributed by atoms with E-state index in [-0.39, 0.29) is 0 Å². The third-order valence-corrected chi connectivity index (χ3v) is 5.26. The Hall–Kier alpha value is -1.69. The van der Waals surface area contributed by atoms with Gasteiger partial charge in [0.05, 0.1) is 0 Å². The Morgan fingerprint density at radius 2 is 1.55 bits per heavy atom. The number of thioether (sulfide) groups is 1. The molecule has 3 aromatic rings. The van der Waals surface area contributed by atoms with E-state index in [2.05, 4.69) is 41.1 Å². The van der Waals surface area contributed by atoms with Gasteiger partial charge in [-0.15, -0.1) is 11.3 Å². The fourth-order valence-electron chi connectivity index (χ4n) is 2.02. The van der Waals surface area contributed by atoms with Gasteiger partial charge in [-0.05, 0) is 43.0 Å². The SMILES string of the molecule is Cc1cnc(SC(=S)N(c2ccccc2)c2ccccc2)s1. The number of nitrogens with zero attached hydrogens (tertiary/aromatic N) is 2. The molecular weight excluding hydrogens is 328 g/mol. The summed E-state index contributed by atoms with van der Waals surface area (Å²) in [5.41, 5.74) is 2.11. The predicted octanol–water partition coefficient (Wildman–Crippen LogP) is 5.67. The molecule has 0 atom stereocenters. The van der Waals surface area contributed by atoms with Gasteiger partial charge in [0.2, 0.25) is 0 Å². The van der Waals surface area contributed by atoms with Crippen molar-refractivity contribution in [3.05, 3.63) is 71.7 Å². The number of benzene rings is 2. The summed E-state index contributed by atoms with van der Waals surface area (Å²) in [6, 6.07) is 20.3. The van der Waals surface area contributed by atoms with Crippen LogP contribution < -0.4 is 4.90 Å². The molecule has 0 saturated carbocycles. The molecule has 1 aromatic heterocycles. The number of aromatic nitrogens is 1. The largest absolute Gasteiger partial charge is 0.296 e. The summed E-state index contributed by atoms with van der Waals surface area (Å²) in [6.45, 7) is 2.05. The highest BCUT2D eigenvalue weighted by molar-refractivity contribution is 8.24. The smallest absolute Gasteiger partial charge is 0.157 e. The van der Waals surface area contributed by atoms with E-state index in [1.54, 1.807) is 11.3 Å². The van der Waals surface area contributed by atoms with Crippen LogP contribution >= 0.6 is 35.3 Å². The zero-order valence-electron chi connectivity index (χ0n) is 12.0. The van der Waals surface area contributed by atoms with Crippen LogP contribution in [0.25, 0.3) is 0 Å². The summed E-state index contributed by atoms with van der Waals surface area (Å²) in [4.78, 5) is 7.66. The molecule has 2 nitrogen and oxygen atoms in total. The first kappa shape index (κ1) is 15.2. The molecule has 0 radical (unpaired) electrons.